The summed E-state index contributed by atoms with van der Waals surface area (Å²) < 4.78 is 1.87. The fourth-order valence-electron chi connectivity index (χ4n) is 2.56. The molecule has 0 aromatic carbocycles. The summed E-state index contributed by atoms with van der Waals surface area (Å²) >= 11 is 0. The lowest BCUT2D eigenvalue weighted by atomic mass is 9.80. The van der Waals surface area contributed by atoms with Gasteiger partial charge in [-0.1, -0.05) is 34.6 Å². The first kappa shape index (κ1) is 16.2. The lowest BCUT2D eigenvalue weighted by Crippen LogP contribution is -2.41. The molecule has 0 radical (unpaired) electrons. The van der Waals surface area contributed by atoms with Crippen LogP contribution in [0.2, 0.25) is 0 Å². The maximum atomic E-state index is 10.2. The third-order valence-corrected chi connectivity index (χ3v) is 3.65. The van der Waals surface area contributed by atoms with Gasteiger partial charge in [-0.15, -0.1) is 0 Å². The molecule has 1 aromatic rings. The number of hydrogen-bond donors (Lipinski definition) is 2. The summed E-state index contributed by atoms with van der Waals surface area (Å²) in [6.45, 7) is 12.1. The molecular weight excluding hydrogens is 238 g/mol. The van der Waals surface area contributed by atoms with E-state index in [9.17, 15) is 5.11 Å². The summed E-state index contributed by atoms with van der Waals surface area (Å²) in [4.78, 5) is 0. The van der Waals surface area contributed by atoms with Crippen LogP contribution in [0.25, 0.3) is 0 Å². The molecule has 0 saturated carbocycles. The molecule has 110 valence electrons. The molecule has 4 nitrogen and oxygen atoms in total. The molecule has 0 spiro atoms. The van der Waals surface area contributed by atoms with Crippen molar-refractivity contribution in [3.05, 3.63) is 17.5 Å². The van der Waals surface area contributed by atoms with Crippen molar-refractivity contribution in [2.75, 3.05) is 6.54 Å². The molecule has 1 heterocycles. The van der Waals surface area contributed by atoms with Crippen LogP contribution in [0, 0.1) is 11.3 Å². The van der Waals surface area contributed by atoms with Crippen LogP contribution in [0.15, 0.2) is 6.20 Å². The highest BCUT2D eigenvalue weighted by Crippen LogP contribution is 2.25. The Balaban J connectivity index is 2.53. The minimum absolute atomic E-state index is 0.122. The Bertz CT molecular complexity index is 396. The second-order valence-electron chi connectivity index (χ2n) is 6.41. The van der Waals surface area contributed by atoms with Crippen LogP contribution < -0.4 is 5.32 Å². The van der Waals surface area contributed by atoms with Crippen molar-refractivity contribution in [2.45, 2.75) is 53.7 Å². The topological polar surface area (TPSA) is 50.1 Å². The molecule has 0 bridgehead atoms. The summed E-state index contributed by atoms with van der Waals surface area (Å²) in [7, 11) is 1.95. The molecule has 0 aliphatic rings. The van der Waals surface area contributed by atoms with E-state index < -0.39 is 0 Å². The number of rotatable bonds is 7. The van der Waals surface area contributed by atoms with Crippen molar-refractivity contribution in [1.29, 1.82) is 0 Å². The van der Waals surface area contributed by atoms with E-state index in [4.69, 9.17) is 0 Å². The summed E-state index contributed by atoms with van der Waals surface area (Å²) in [5.41, 5.74) is 2.28. The fourth-order valence-corrected chi connectivity index (χ4v) is 2.56. The van der Waals surface area contributed by atoms with Crippen LogP contribution in [0.3, 0.4) is 0 Å². The second kappa shape index (κ2) is 6.53. The van der Waals surface area contributed by atoms with Crippen molar-refractivity contribution in [3.8, 4) is 0 Å². The van der Waals surface area contributed by atoms with Gasteiger partial charge in [-0.3, -0.25) is 4.68 Å². The highest BCUT2D eigenvalue weighted by molar-refractivity contribution is 5.16. The van der Waals surface area contributed by atoms with Crippen LogP contribution in [0.5, 0.6) is 0 Å². The molecule has 1 rings (SSSR count). The van der Waals surface area contributed by atoms with E-state index in [0.29, 0.717) is 0 Å². The molecule has 0 aliphatic carbocycles. The highest BCUT2D eigenvalue weighted by atomic mass is 16.3. The van der Waals surface area contributed by atoms with E-state index in [1.165, 1.54) is 5.56 Å². The van der Waals surface area contributed by atoms with Crippen molar-refractivity contribution < 1.29 is 5.11 Å². The average molecular weight is 267 g/mol. The predicted octanol–water partition coefficient (Wildman–Crippen LogP) is 2.12. The van der Waals surface area contributed by atoms with Crippen molar-refractivity contribution in [2.24, 2.45) is 18.4 Å². The first-order chi connectivity index (χ1) is 8.77. The van der Waals surface area contributed by atoms with Crippen LogP contribution in [0.4, 0.5) is 0 Å². The van der Waals surface area contributed by atoms with E-state index in [2.05, 4.69) is 51.2 Å². The van der Waals surface area contributed by atoms with Gasteiger partial charge in [0.25, 0.3) is 0 Å². The number of nitrogens with one attached hydrogen (secondary N) is 1. The van der Waals surface area contributed by atoms with E-state index in [1.54, 1.807) is 0 Å². The van der Waals surface area contributed by atoms with Gasteiger partial charge in [-0.2, -0.15) is 5.10 Å². The monoisotopic (exact) mass is 267 g/mol. The molecule has 0 aliphatic heterocycles. The van der Waals surface area contributed by atoms with E-state index >= 15 is 0 Å². The number of nitrogens with zero attached hydrogens (tertiary/aromatic N) is 2. The number of hydrogen-bond acceptors (Lipinski definition) is 3. The molecule has 19 heavy (non-hydrogen) atoms. The Morgan fingerprint density at radius 2 is 2.05 bits per heavy atom. The number of aryl methyl sites for hydroxylation is 2. The fraction of sp³-hybridized carbons (Fsp3) is 0.800. The van der Waals surface area contributed by atoms with E-state index in [0.717, 1.165) is 25.2 Å². The SMILES string of the molecule is CCc1nn(C)cc1CNCC(C)(C)C(O)C(C)C. The molecule has 0 saturated heterocycles. The first-order valence-corrected chi connectivity index (χ1v) is 7.18. The lowest BCUT2D eigenvalue weighted by Gasteiger charge is -2.33. The number of aliphatic hydroxyl groups is 1. The minimum Gasteiger partial charge on any atom is -0.392 e. The van der Waals surface area contributed by atoms with Crippen LogP contribution in [-0.4, -0.2) is 27.5 Å². The number of aromatic nitrogens is 2. The third-order valence-electron chi connectivity index (χ3n) is 3.65. The van der Waals surface area contributed by atoms with Crippen molar-refractivity contribution in [1.82, 2.24) is 15.1 Å². The zero-order valence-electron chi connectivity index (χ0n) is 13.2. The standard InChI is InChI=1S/C15H29N3O/c1-7-13-12(9-18(6)17-13)8-16-10-15(4,5)14(19)11(2)3/h9,11,14,16,19H,7-8,10H2,1-6H3. The van der Waals surface area contributed by atoms with Gasteiger partial charge < -0.3 is 10.4 Å². The first-order valence-electron chi connectivity index (χ1n) is 7.18. The summed E-state index contributed by atoms with van der Waals surface area (Å²) in [6, 6.07) is 0. The van der Waals surface area contributed by atoms with Gasteiger partial charge in [0.1, 0.15) is 0 Å². The molecule has 4 heteroatoms. The minimum atomic E-state index is -0.292. The quantitative estimate of drug-likeness (QED) is 0.795. The Morgan fingerprint density at radius 3 is 2.58 bits per heavy atom. The van der Waals surface area contributed by atoms with Gasteiger partial charge in [0, 0.05) is 37.3 Å². The zero-order chi connectivity index (χ0) is 14.6. The van der Waals surface area contributed by atoms with Crippen LogP contribution >= 0.6 is 0 Å². The average Bonchev–Trinajstić information content (AvgIpc) is 2.68. The molecule has 2 N–H and O–H groups in total. The van der Waals surface area contributed by atoms with Gasteiger partial charge in [0.15, 0.2) is 0 Å². The third kappa shape index (κ3) is 4.32. The molecule has 1 atom stereocenters. The van der Waals surface area contributed by atoms with Gasteiger partial charge in [-0.25, -0.2) is 0 Å². The Morgan fingerprint density at radius 1 is 1.42 bits per heavy atom. The Labute approximate surface area is 117 Å². The van der Waals surface area contributed by atoms with Crippen molar-refractivity contribution >= 4 is 0 Å². The molecular formula is C15H29N3O. The maximum Gasteiger partial charge on any atom is 0.0666 e. The number of aliphatic hydroxyl groups excluding tert-OH is 1. The molecule has 1 aromatic heterocycles. The van der Waals surface area contributed by atoms with Crippen LogP contribution in [0.1, 0.15) is 45.9 Å². The van der Waals surface area contributed by atoms with Gasteiger partial charge in [0.2, 0.25) is 0 Å². The van der Waals surface area contributed by atoms with Gasteiger partial charge in [0.05, 0.1) is 11.8 Å². The Kier molecular flexibility index (Phi) is 5.56. The molecule has 0 fully saturated rings. The van der Waals surface area contributed by atoms with E-state index in [-0.39, 0.29) is 17.4 Å². The van der Waals surface area contributed by atoms with E-state index in [1.807, 2.05) is 11.7 Å². The van der Waals surface area contributed by atoms with Gasteiger partial charge in [-0.05, 0) is 12.3 Å². The highest BCUT2D eigenvalue weighted by Gasteiger charge is 2.29. The predicted molar refractivity (Wildman–Crippen MR) is 78.9 cm³/mol. The second-order valence-corrected chi connectivity index (χ2v) is 6.41. The van der Waals surface area contributed by atoms with Gasteiger partial charge >= 0.3 is 0 Å². The Hall–Kier alpha value is -0.870. The van der Waals surface area contributed by atoms with Crippen LogP contribution in [-0.2, 0) is 20.0 Å². The summed E-state index contributed by atoms with van der Waals surface area (Å²) in [6.07, 6.45) is 2.73. The van der Waals surface area contributed by atoms with Crippen molar-refractivity contribution in [3.63, 3.8) is 0 Å². The zero-order valence-corrected chi connectivity index (χ0v) is 13.2. The largest absolute Gasteiger partial charge is 0.392 e. The summed E-state index contributed by atoms with van der Waals surface area (Å²) in [5.74, 6) is 0.279. The lowest BCUT2D eigenvalue weighted by molar-refractivity contribution is 0.0134. The summed E-state index contributed by atoms with van der Waals surface area (Å²) in [5, 5.41) is 18.1. The smallest absolute Gasteiger partial charge is 0.0666 e. The maximum absolute atomic E-state index is 10.2. The molecule has 1 unspecified atom stereocenters. The molecule has 0 amide bonds. The normalized spacial score (nSPS) is 14.1.